The third-order valence-electron chi connectivity index (χ3n) is 2.85. The van der Waals surface area contributed by atoms with Crippen LogP contribution in [0.15, 0.2) is 24.3 Å². The molecule has 0 aliphatic rings. The van der Waals surface area contributed by atoms with Gasteiger partial charge < -0.3 is 4.74 Å². The molecule has 1 unspecified atom stereocenters. The molecule has 4 nitrogen and oxygen atoms in total. The number of carbonyl (C=O) groups is 1. The van der Waals surface area contributed by atoms with Gasteiger partial charge in [0, 0.05) is 22.2 Å². The van der Waals surface area contributed by atoms with Crippen molar-refractivity contribution in [2.45, 2.75) is 39.0 Å². The molecule has 1 aromatic carbocycles. The van der Waals surface area contributed by atoms with E-state index in [1.165, 1.54) is 0 Å². The van der Waals surface area contributed by atoms with Crippen LogP contribution in [0.25, 0.3) is 0 Å². The normalized spacial score (nSPS) is 11.9. The van der Waals surface area contributed by atoms with Gasteiger partial charge in [-0.25, -0.2) is 0 Å². The van der Waals surface area contributed by atoms with Gasteiger partial charge in [-0.1, -0.05) is 31.9 Å². The highest BCUT2D eigenvalue weighted by Gasteiger charge is 2.21. The van der Waals surface area contributed by atoms with Crippen LogP contribution in [0.3, 0.4) is 0 Å². The third-order valence-corrected chi connectivity index (χ3v) is 2.85. The molecule has 1 atom stereocenters. The van der Waals surface area contributed by atoms with Gasteiger partial charge in [-0.15, -0.1) is 0 Å². The van der Waals surface area contributed by atoms with E-state index in [0.29, 0.717) is 12.3 Å². The average molecular weight is 250 g/mol. The molecule has 0 bridgehead atoms. The van der Waals surface area contributed by atoms with Crippen LogP contribution in [0.2, 0.25) is 0 Å². The molecule has 1 N–H and O–H groups in total. The Hall–Kier alpha value is -1.71. The van der Waals surface area contributed by atoms with Crippen molar-refractivity contribution in [1.29, 1.82) is 0 Å². The molecular weight excluding hydrogens is 230 g/mol. The quantitative estimate of drug-likeness (QED) is 0.753. The number of hydrogen-bond donors (Lipinski definition) is 1. The first kappa shape index (κ1) is 14.4. The van der Waals surface area contributed by atoms with Crippen molar-refractivity contribution in [3.63, 3.8) is 0 Å². The Labute approximate surface area is 107 Å². The van der Waals surface area contributed by atoms with E-state index in [1.807, 2.05) is 5.18 Å². The summed E-state index contributed by atoms with van der Waals surface area (Å²) in [6.45, 7) is 4.29. The highest BCUT2D eigenvalue weighted by Crippen LogP contribution is 2.24. The van der Waals surface area contributed by atoms with Crippen LogP contribution in [-0.2, 0) is 9.53 Å². The van der Waals surface area contributed by atoms with E-state index in [9.17, 15) is 9.70 Å². The van der Waals surface area contributed by atoms with Crippen LogP contribution in [0, 0.1) is 4.91 Å². The van der Waals surface area contributed by atoms with Gasteiger partial charge in [0.15, 0.2) is 0 Å². The molecule has 0 heterocycles. The Morgan fingerprint density at radius 2 is 1.94 bits per heavy atom. The topological polar surface area (TPSA) is 57.3 Å². The lowest BCUT2D eigenvalue weighted by Gasteiger charge is -2.15. The third kappa shape index (κ3) is 3.95. The van der Waals surface area contributed by atoms with Gasteiger partial charge in [0.05, 0.1) is 12.5 Å². The van der Waals surface area contributed by atoms with E-state index < -0.39 is 0 Å². The van der Waals surface area contributed by atoms with Crippen molar-refractivity contribution in [3.05, 3.63) is 34.7 Å². The van der Waals surface area contributed by atoms with E-state index >= 15 is 0 Å². The van der Waals surface area contributed by atoms with Crippen LogP contribution in [0.5, 0.6) is 0 Å². The Morgan fingerprint density at radius 1 is 1.28 bits per heavy atom. The number of hydrogen-bond acceptors (Lipinski definition) is 3. The van der Waals surface area contributed by atoms with Gasteiger partial charge in [-0.3, -0.25) is 4.79 Å². The number of benzene rings is 1. The lowest BCUT2D eigenvalue weighted by Crippen LogP contribution is -2.55. The first-order valence-electron chi connectivity index (χ1n) is 6.37. The minimum absolute atomic E-state index is 0.186. The van der Waals surface area contributed by atoms with Gasteiger partial charge in [-0.2, -0.15) is 0 Å². The van der Waals surface area contributed by atoms with E-state index in [-0.39, 0.29) is 11.9 Å². The summed E-state index contributed by atoms with van der Waals surface area (Å²) in [4.78, 5) is 22.4. The maximum absolute atomic E-state index is 11.9. The zero-order valence-electron chi connectivity index (χ0n) is 10.9. The molecule has 0 aliphatic carbocycles. The fourth-order valence-corrected chi connectivity index (χ4v) is 1.86. The predicted octanol–water partition coefficient (Wildman–Crippen LogP) is 2.00. The number of nitroso groups, excluding NO2 is 1. The van der Waals surface area contributed by atoms with Crippen molar-refractivity contribution < 1.29 is 14.7 Å². The van der Waals surface area contributed by atoms with Crippen LogP contribution in [0.1, 0.15) is 44.6 Å². The van der Waals surface area contributed by atoms with E-state index in [4.69, 9.17) is 4.74 Å². The van der Waals surface area contributed by atoms with Crippen LogP contribution in [0.4, 0.5) is 5.69 Å². The molecule has 98 valence electrons. The Morgan fingerprint density at radius 3 is 2.44 bits per heavy atom. The van der Waals surface area contributed by atoms with Crippen molar-refractivity contribution in [1.82, 2.24) is 0 Å². The zero-order chi connectivity index (χ0) is 13.4. The van der Waals surface area contributed by atoms with E-state index in [0.717, 1.165) is 24.8 Å². The Balaban J connectivity index is 2.85. The molecular formula is C14H20NO3+. The van der Waals surface area contributed by atoms with Crippen LogP contribution >= 0.6 is 0 Å². The molecule has 0 aliphatic heterocycles. The highest BCUT2D eigenvalue weighted by molar-refractivity contribution is 5.78. The molecule has 1 aromatic rings. The average Bonchev–Trinajstić information content (AvgIpc) is 2.40. The van der Waals surface area contributed by atoms with Gasteiger partial charge in [0.1, 0.15) is 0 Å². The van der Waals surface area contributed by atoms with Crippen molar-refractivity contribution in [2.24, 2.45) is 0 Å². The second-order valence-electron chi connectivity index (χ2n) is 4.17. The SMILES string of the molecule is CCCCC(C(=O)OCC)c1ccc([NH+]=O)cc1. The second-order valence-corrected chi connectivity index (χ2v) is 4.17. The fourth-order valence-electron chi connectivity index (χ4n) is 1.86. The molecule has 0 amide bonds. The summed E-state index contributed by atoms with van der Waals surface area (Å²) in [5, 5.41) is 1.82. The number of rotatable bonds is 7. The van der Waals surface area contributed by atoms with Crippen LogP contribution in [-0.4, -0.2) is 12.6 Å². The predicted molar refractivity (Wildman–Crippen MR) is 69.3 cm³/mol. The molecule has 1 rings (SSSR count). The second kappa shape index (κ2) is 7.58. The first-order chi connectivity index (χ1) is 8.72. The molecule has 0 saturated heterocycles. The van der Waals surface area contributed by atoms with Crippen molar-refractivity contribution in [3.8, 4) is 0 Å². The molecule has 0 aromatic heterocycles. The number of esters is 1. The zero-order valence-corrected chi connectivity index (χ0v) is 10.9. The van der Waals surface area contributed by atoms with E-state index in [2.05, 4.69) is 6.92 Å². The number of nitrogens with one attached hydrogen (secondary N) is 1. The standard InChI is InChI=1S/C14H19NO3/c1-3-5-6-13(14(16)18-4-2)11-7-9-12(15-17)10-8-11/h7-10,13H,3-6H2,1-2H3/p+1. The summed E-state index contributed by atoms with van der Waals surface area (Å²) in [6, 6.07) is 6.97. The summed E-state index contributed by atoms with van der Waals surface area (Å²) in [6.07, 6.45) is 2.79. The number of carbonyl (C=O) groups excluding carboxylic acids is 1. The smallest absolute Gasteiger partial charge is 0.313 e. The Kier molecular flexibility index (Phi) is 6.05. The fraction of sp³-hybridized carbons (Fsp3) is 0.500. The molecule has 18 heavy (non-hydrogen) atoms. The number of unbranched alkanes of at least 4 members (excludes halogenated alkanes) is 1. The summed E-state index contributed by atoms with van der Waals surface area (Å²) >= 11 is 0. The van der Waals surface area contributed by atoms with Crippen LogP contribution < -0.4 is 5.18 Å². The molecule has 0 fully saturated rings. The van der Waals surface area contributed by atoms with Gasteiger partial charge in [-0.05, 0) is 18.9 Å². The summed E-state index contributed by atoms with van der Waals surface area (Å²) in [7, 11) is 0. The number of ether oxygens (including phenoxy) is 1. The lowest BCUT2D eigenvalue weighted by molar-refractivity contribution is -0.379. The minimum atomic E-state index is -0.231. The molecule has 4 heteroatoms. The highest BCUT2D eigenvalue weighted by atomic mass is 16.5. The maximum atomic E-state index is 11.9. The van der Waals surface area contributed by atoms with Gasteiger partial charge in [0.25, 0.3) is 5.69 Å². The molecule has 0 saturated carbocycles. The summed E-state index contributed by atoms with van der Waals surface area (Å²) < 4.78 is 5.10. The van der Waals surface area contributed by atoms with Crippen molar-refractivity contribution >= 4 is 11.7 Å². The lowest BCUT2D eigenvalue weighted by atomic mass is 9.93. The monoisotopic (exact) mass is 250 g/mol. The van der Waals surface area contributed by atoms with Crippen molar-refractivity contribution in [2.75, 3.05) is 6.61 Å². The summed E-state index contributed by atoms with van der Waals surface area (Å²) in [5.74, 6) is -0.417. The maximum Gasteiger partial charge on any atom is 0.313 e. The van der Waals surface area contributed by atoms with E-state index in [1.54, 1.807) is 31.2 Å². The van der Waals surface area contributed by atoms with Gasteiger partial charge in [0.2, 0.25) is 0 Å². The first-order valence-corrected chi connectivity index (χ1v) is 6.37. The summed E-state index contributed by atoms with van der Waals surface area (Å²) in [5.41, 5.74) is 1.40. The minimum Gasteiger partial charge on any atom is -0.466 e. The molecule has 0 radical (unpaired) electrons. The largest absolute Gasteiger partial charge is 0.466 e. The van der Waals surface area contributed by atoms with Gasteiger partial charge >= 0.3 is 5.97 Å². The molecule has 0 spiro atoms. The Bertz CT molecular complexity index is 387.